The smallest absolute Gasteiger partial charge is 0.309 e. The molecule has 0 saturated heterocycles. The number of aromatic nitrogens is 2. The standard InChI is InChI=1S/C21H23N3O3/c1-24-17(15-6-4-5-7-19(15)26-2)9-13-10-20(23-12-18(13)24)22-11-14-8-16(14)21(25)27-3/h4-7,9-10,12,14,16H,8,11H2,1-3H3,(H,22,23). The quantitative estimate of drug-likeness (QED) is 0.678. The number of carbonyl (C=O) groups excluding carboxylic acids is 1. The molecule has 0 spiro atoms. The van der Waals surface area contributed by atoms with Crippen LogP contribution >= 0.6 is 0 Å². The van der Waals surface area contributed by atoms with Gasteiger partial charge in [-0.05, 0) is 36.6 Å². The zero-order valence-electron chi connectivity index (χ0n) is 15.7. The number of rotatable bonds is 6. The van der Waals surface area contributed by atoms with Gasteiger partial charge in [-0.1, -0.05) is 12.1 Å². The molecule has 6 heteroatoms. The van der Waals surface area contributed by atoms with Crippen LogP contribution in [-0.4, -0.2) is 36.3 Å². The maximum Gasteiger partial charge on any atom is 0.309 e. The number of anilines is 1. The Labute approximate surface area is 158 Å². The summed E-state index contributed by atoms with van der Waals surface area (Å²) >= 11 is 0. The van der Waals surface area contributed by atoms with Gasteiger partial charge >= 0.3 is 5.97 Å². The third-order valence-corrected chi connectivity index (χ3v) is 5.28. The van der Waals surface area contributed by atoms with Crippen molar-refractivity contribution < 1.29 is 14.3 Å². The summed E-state index contributed by atoms with van der Waals surface area (Å²) in [4.78, 5) is 16.0. The molecule has 3 aromatic rings. The summed E-state index contributed by atoms with van der Waals surface area (Å²) in [6.45, 7) is 0.727. The molecule has 0 bridgehead atoms. The number of para-hydroxylation sites is 1. The second-order valence-electron chi connectivity index (χ2n) is 6.92. The molecule has 2 heterocycles. The van der Waals surface area contributed by atoms with Crippen LogP contribution in [0.2, 0.25) is 0 Å². The molecule has 0 radical (unpaired) electrons. The van der Waals surface area contributed by atoms with Crippen molar-refractivity contribution in [3.8, 4) is 17.0 Å². The normalized spacial score (nSPS) is 18.3. The molecule has 2 aromatic heterocycles. The number of methoxy groups -OCH3 is 2. The van der Waals surface area contributed by atoms with E-state index in [4.69, 9.17) is 9.47 Å². The highest BCUT2D eigenvalue weighted by atomic mass is 16.5. The van der Waals surface area contributed by atoms with Gasteiger partial charge in [0, 0.05) is 24.5 Å². The molecule has 140 valence electrons. The van der Waals surface area contributed by atoms with Gasteiger partial charge in [0.05, 0.1) is 37.5 Å². The molecule has 1 aromatic carbocycles. The predicted molar refractivity (Wildman–Crippen MR) is 105 cm³/mol. The summed E-state index contributed by atoms with van der Waals surface area (Å²) in [6.07, 6.45) is 2.76. The minimum atomic E-state index is -0.116. The van der Waals surface area contributed by atoms with Crippen molar-refractivity contribution in [2.45, 2.75) is 6.42 Å². The first-order chi connectivity index (χ1) is 13.1. The Morgan fingerprint density at radius 3 is 2.89 bits per heavy atom. The number of fused-ring (bicyclic) bond motifs is 1. The summed E-state index contributed by atoms with van der Waals surface area (Å²) < 4.78 is 12.4. The molecule has 0 aliphatic heterocycles. The van der Waals surface area contributed by atoms with Gasteiger partial charge in [0.25, 0.3) is 0 Å². The number of hydrogen-bond acceptors (Lipinski definition) is 5. The van der Waals surface area contributed by atoms with E-state index in [1.165, 1.54) is 7.11 Å². The van der Waals surface area contributed by atoms with E-state index in [2.05, 4.69) is 27.0 Å². The lowest BCUT2D eigenvalue weighted by Crippen LogP contribution is -2.10. The van der Waals surface area contributed by atoms with E-state index >= 15 is 0 Å². The van der Waals surface area contributed by atoms with Crippen molar-refractivity contribution in [2.75, 3.05) is 26.1 Å². The molecule has 6 nitrogen and oxygen atoms in total. The fourth-order valence-corrected chi connectivity index (χ4v) is 3.59. The number of nitrogens with zero attached hydrogens (tertiary/aromatic N) is 2. The van der Waals surface area contributed by atoms with Crippen LogP contribution in [0.15, 0.2) is 42.6 Å². The van der Waals surface area contributed by atoms with Crippen molar-refractivity contribution >= 4 is 22.7 Å². The monoisotopic (exact) mass is 365 g/mol. The highest BCUT2D eigenvalue weighted by molar-refractivity contribution is 5.89. The third-order valence-electron chi connectivity index (χ3n) is 5.28. The molecule has 0 amide bonds. The molecule has 1 fully saturated rings. The summed E-state index contributed by atoms with van der Waals surface area (Å²) in [6, 6.07) is 12.2. The largest absolute Gasteiger partial charge is 0.496 e. The van der Waals surface area contributed by atoms with Crippen LogP contribution < -0.4 is 10.1 Å². The van der Waals surface area contributed by atoms with Gasteiger partial charge in [-0.3, -0.25) is 4.79 Å². The van der Waals surface area contributed by atoms with Gasteiger partial charge < -0.3 is 19.4 Å². The molecule has 1 aliphatic rings. The van der Waals surface area contributed by atoms with Crippen LogP contribution in [0.1, 0.15) is 6.42 Å². The zero-order chi connectivity index (χ0) is 19.0. The van der Waals surface area contributed by atoms with E-state index in [0.717, 1.165) is 46.7 Å². The topological polar surface area (TPSA) is 65.4 Å². The van der Waals surface area contributed by atoms with Crippen LogP contribution in [0.4, 0.5) is 5.82 Å². The van der Waals surface area contributed by atoms with Gasteiger partial charge in [-0.2, -0.15) is 0 Å². The molecular weight excluding hydrogens is 342 g/mol. The Hall–Kier alpha value is -3.02. The number of esters is 1. The van der Waals surface area contributed by atoms with Crippen LogP contribution in [0.5, 0.6) is 5.75 Å². The second-order valence-corrected chi connectivity index (χ2v) is 6.92. The zero-order valence-corrected chi connectivity index (χ0v) is 15.7. The lowest BCUT2D eigenvalue weighted by molar-refractivity contribution is -0.142. The molecule has 27 heavy (non-hydrogen) atoms. The SMILES string of the molecule is COC(=O)C1CC1CNc1cc2cc(-c3ccccc3OC)n(C)c2cn1. The Kier molecular flexibility index (Phi) is 4.48. The Bertz CT molecular complexity index is 996. The molecule has 1 aliphatic carbocycles. The van der Waals surface area contributed by atoms with Crippen LogP contribution in [0.25, 0.3) is 22.2 Å². The molecular formula is C21H23N3O3. The van der Waals surface area contributed by atoms with Crippen molar-refractivity contribution in [2.24, 2.45) is 18.9 Å². The van der Waals surface area contributed by atoms with Crippen molar-refractivity contribution in [3.05, 3.63) is 42.6 Å². The molecule has 2 unspecified atom stereocenters. The lowest BCUT2D eigenvalue weighted by atomic mass is 10.1. The Balaban J connectivity index is 1.56. The van der Waals surface area contributed by atoms with Gasteiger partial charge in [0.15, 0.2) is 0 Å². The fraction of sp³-hybridized carbons (Fsp3) is 0.333. The minimum Gasteiger partial charge on any atom is -0.496 e. The van der Waals surface area contributed by atoms with Crippen molar-refractivity contribution in [3.63, 3.8) is 0 Å². The third kappa shape index (κ3) is 3.23. The van der Waals surface area contributed by atoms with E-state index in [-0.39, 0.29) is 11.9 Å². The molecule has 2 atom stereocenters. The first-order valence-corrected chi connectivity index (χ1v) is 9.03. The van der Waals surface area contributed by atoms with Crippen LogP contribution in [-0.2, 0) is 16.6 Å². The fourth-order valence-electron chi connectivity index (χ4n) is 3.59. The number of hydrogen-bond donors (Lipinski definition) is 1. The Morgan fingerprint density at radius 2 is 2.11 bits per heavy atom. The highest BCUT2D eigenvalue weighted by Gasteiger charge is 2.43. The average Bonchev–Trinajstić information content (AvgIpc) is 3.42. The highest BCUT2D eigenvalue weighted by Crippen LogP contribution is 2.39. The summed E-state index contributed by atoms with van der Waals surface area (Å²) in [5, 5.41) is 4.45. The lowest BCUT2D eigenvalue weighted by Gasteiger charge is -2.09. The maximum absolute atomic E-state index is 11.5. The van der Waals surface area contributed by atoms with Gasteiger partial charge in [-0.25, -0.2) is 4.98 Å². The predicted octanol–water partition coefficient (Wildman–Crippen LogP) is 3.47. The number of benzene rings is 1. The van der Waals surface area contributed by atoms with E-state index in [1.54, 1.807) is 7.11 Å². The van der Waals surface area contributed by atoms with Gasteiger partial charge in [-0.15, -0.1) is 0 Å². The molecule has 4 rings (SSSR count). The maximum atomic E-state index is 11.5. The van der Waals surface area contributed by atoms with Crippen LogP contribution in [0, 0.1) is 11.8 Å². The van der Waals surface area contributed by atoms with Crippen molar-refractivity contribution in [1.82, 2.24) is 9.55 Å². The van der Waals surface area contributed by atoms with Crippen molar-refractivity contribution in [1.29, 1.82) is 0 Å². The summed E-state index contributed by atoms with van der Waals surface area (Å²) in [5.74, 6) is 1.90. The second kappa shape index (κ2) is 6.95. The Morgan fingerprint density at radius 1 is 1.30 bits per heavy atom. The summed E-state index contributed by atoms with van der Waals surface area (Å²) in [5.41, 5.74) is 3.18. The summed E-state index contributed by atoms with van der Waals surface area (Å²) in [7, 11) is 5.16. The van der Waals surface area contributed by atoms with E-state index in [1.807, 2.05) is 37.5 Å². The van der Waals surface area contributed by atoms with E-state index in [9.17, 15) is 4.79 Å². The number of nitrogens with one attached hydrogen (secondary N) is 1. The van der Waals surface area contributed by atoms with Gasteiger partial charge in [0.2, 0.25) is 0 Å². The number of pyridine rings is 1. The first-order valence-electron chi connectivity index (χ1n) is 9.03. The first kappa shape index (κ1) is 17.4. The number of carbonyl (C=O) groups is 1. The molecule has 1 N–H and O–H groups in total. The van der Waals surface area contributed by atoms with E-state index in [0.29, 0.717) is 5.92 Å². The average molecular weight is 365 g/mol. The van der Waals surface area contributed by atoms with Gasteiger partial charge in [0.1, 0.15) is 11.6 Å². The number of aryl methyl sites for hydroxylation is 1. The van der Waals surface area contributed by atoms with E-state index < -0.39 is 0 Å². The van der Waals surface area contributed by atoms with Crippen LogP contribution in [0.3, 0.4) is 0 Å². The number of ether oxygens (including phenoxy) is 2. The molecule has 1 saturated carbocycles. The minimum absolute atomic E-state index is 0.0279.